The molecular formula is C13H16ClN3. The second kappa shape index (κ2) is 5.32. The Bertz CT molecular complexity index is 488. The summed E-state index contributed by atoms with van der Waals surface area (Å²) in [5.41, 5.74) is 2.33. The Morgan fingerprint density at radius 1 is 1.18 bits per heavy atom. The highest BCUT2D eigenvalue weighted by molar-refractivity contribution is 6.16. The number of hydrogen-bond acceptors (Lipinski definition) is 2. The van der Waals surface area contributed by atoms with E-state index in [0.717, 1.165) is 30.2 Å². The third-order valence-corrected chi connectivity index (χ3v) is 2.94. The fourth-order valence-electron chi connectivity index (χ4n) is 1.81. The molecule has 1 aromatic heterocycles. The lowest BCUT2D eigenvalue weighted by Gasteiger charge is -2.07. The van der Waals surface area contributed by atoms with Crippen molar-refractivity contribution in [3.8, 4) is 11.4 Å². The van der Waals surface area contributed by atoms with Crippen LogP contribution in [0, 0.1) is 6.92 Å². The molecule has 0 bridgehead atoms. The summed E-state index contributed by atoms with van der Waals surface area (Å²) in [6.45, 7) is 5.11. The lowest BCUT2D eigenvalue weighted by atomic mass is 10.1. The Hall–Kier alpha value is -1.35. The molecule has 1 heterocycles. The molecule has 3 nitrogen and oxygen atoms in total. The summed E-state index contributed by atoms with van der Waals surface area (Å²) >= 11 is 5.87. The summed E-state index contributed by atoms with van der Waals surface area (Å²) in [6, 6.07) is 8.31. The fourth-order valence-corrected chi connectivity index (χ4v) is 2.01. The lowest BCUT2D eigenvalue weighted by Crippen LogP contribution is -2.03. The summed E-state index contributed by atoms with van der Waals surface area (Å²) in [5, 5.41) is 8.37. The minimum absolute atomic E-state index is 0.402. The van der Waals surface area contributed by atoms with Gasteiger partial charge in [-0.1, -0.05) is 36.8 Å². The molecule has 0 spiro atoms. The van der Waals surface area contributed by atoms with Crippen molar-refractivity contribution in [3.63, 3.8) is 0 Å². The summed E-state index contributed by atoms with van der Waals surface area (Å²) < 4.78 is 2.09. The van der Waals surface area contributed by atoms with Crippen LogP contribution in [0.4, 0.5) is 0 Å². The molecule has 90 valence electrons. The number of benzene rings is 1. The van der Waals surface area contributed by atoms with Gasteiger partial charge in [0.2, 0.25) is 0 Å². The van der Waals surface area contributed by atoms with Crippen molar-refractivity contribution in [3.05, 3.63) is 35.7 Å². The topological polar surface area (TPSA) is 30.7 Å². The Balaban J connectivity index is 2.43. The van der Waals surface area contributed by atoms with E-state index in [2.05, 4.69) is 52.9 Å². The molecule has 0 amide bonds. The Morgan fingerprint density at radius 2 is 1.88 bits per heavy atom. The number of alkyl halides is 1. The highest BCUT2D eigenvalue weighted by Gasteiger charge is 2.11. The first kappa shape index (κ1) is 12.1. The first-order valence-corrected chi connectivity index (χ1v) is 6.34. The van der Waals surface area contributed by atoms with Crippen molar-refractivity contribution in [2.45, 2.75) is 32.7 Å². The fraction of sp³-hybridized carbons (Fsp3) is 0.385. The number of halogens is 1. The van der Waals surface area contributed by atoms with E-state index < -0.39 is 0 Å². The Morgan fingerprint density at radius 3 is 2.47 bits per heavy atom. The third-order valence-electron chi connectivity index (χ3n) is 2.70. The Labute approximate surface area is 106 Å². The van der Waals surface area contributed by atoms with E-state index in [9.17, 15) is 0 Å². The van der Waals surface area contributed by atoms with Crippen LogP contribution in [-0.2, 0) is 12.4 Å². The number of aromatic nitrogens is 3. The van der Waals surface area contributed by atoms with Crippen LogP contribution in [0.1, 0.15) is 24.7 Å². The third kappa shape index (κ3) is 2.50. The first-order chi connectivity index (χ1) is 8.26. The highest BCUT2D eigenvalue weighted by Crippen LogP contribution is 2.20. The van der Waals surface area contributed by atoms with Crippen LogP contribution in [0.3, 0.4) is 0 Å². The summed E-state index contributed by atoms with van der Waals surface area (Å²) in [7, 11) is 0. The maximum absolute atomic E-state index is 5.87. The minimum atomic E-state index is 0.402. The van der Waals surface area contributed by atoms with Gasteiger partial charge in [-0.05, 0) is 13.3 Å². The number of rotatable bonds is 4. The monoisotopic (exact) mass is 249 g/mol. The number of nitrogens with zero attached hydrogens (tertiary/aromatic N) is 3. The van der Waals surface area contributed by atoms with Gasteiger partial charge in [-0.2, -0.15) is 0 Å². The molecule has 0 saturated carbocycles. The first-order valence-electron chi connectivity index (χ1n) is 5.81. The molecular weight excluding hydrogens is 234 g/mol. The average Bonchev–Trinajstić information content (AvgIpc) is 2.74. The molecule has 2 aromatic rings. The van der Waals surface area contributed by atoms with E-state index in [0.29, 0.717) is 5.88 Å². The van der Waals surface area contributed by atoms with Gasteiger partial charge in [0.25, 0.3) is 0 Å². The quantitative estimate of drug-likeness (QED) is 0.778. The van der Waals surface area contributed by atoms with Crippen LogP contribution >= 0.6 is 11.6 Å². The van der Waals surface area contributed by atoms with Gasteiger partial charge in [-0.15, -0.1) is 21.8 Å². The van der Waals surface area contributed by atoms with Gasteiger partial charge in [0.05, 0.1) is 5.88 Å². The molecule has 4 heteroatoms. The predicted molar refractivity (Wildman–Crippen MR) is 70.0 cm³/mol. The maximum Gasteiger partial charge on any atom is 0.163 e. The van der Waals surface area contributed by atoms with Gasteiger partial charge >= 0.3 is 0 Å². The minimum Gasteiger partial charge on any atom is -0.310 e. The number of aryl methyl sites for hydroxylation is 1. The molecule has 17 heavy (non-hydrogen) atoms. The molecule has 0 saturated heterocycles. The van der Waals surface area contributed by atoms with Gasteiger partial charge < -0.3 is 4.57 Å². The second-order valence-corrected chi connectivity index (χ2v) is 4.36. The van der Waals surface area contributed by atoms with E-state index in [1.807, 2.05) is 0 Å². The van der Waals surface area contributed by atoms with Gasteiger partial charge in [0.15, 0.2) is 5.82 Å². The van der Waals surface area contributed by atoms with E-state index in [1.54, 1.807) is 0 Å². The molecule has 0 aliphatic carbocycles. The van der Waals surface area contributed by atoms with Crippen LogP contribution in [-0.4, -0.2) is 14.8 Å². The molecule has 0 aliphatic heterocycles. The zero-order chi connectivity index (χ0) is 12.3. The van der Waals surface area contributed by atoms with Gasteiger partial charge in [-0.25, -0.2) is 0 Å². The smallest absolute Gasteiger partial charge is 0.163 e. The zero-order valence-corrected chi connectivity index (χ0v) is 10.9. The van der Waals surface area contributed by atoms with Crippen molar-refractivity contribution in [2.24, 2.45) is 0 Å². The van der Waals surface area contributed by atoms with Crippen LogP contribution in [0.2, 0.25) is 0 Å². The van der Waals surface area contributed by atoms with Crippen LogP contribution < -0.4 is 0 Å². The molecule has 0 radical (unpaired) electrons. The van der Waals surface area contributed by atoms with E-state index in [4.69, 9.17) is 11.6 Å². The van der Waals surface area contributed by atoms with Crippen molar-refractivity contribution in [2.75, 3.05) is 0 Å². The average molecular weight is 250 g/mol. The molecule has 0 atom stereocenters. The standard InChI is InChI=1S/C13H16ClN3/c1-3-8-17-12(9-14)15-16-13(17)11-6-4-10(2)5-7-11/h4-7H,3,8-9H2,1-2H3. The predicted octanol–water partition coefficient (Wildman–Crippen LogP) is 3.40. The van der Waals surface area contributed by atoms with Gasteiger partial charge in [0, 0.05) is 12.1 Å². The van der Waals surface area contributed by atoms with Crippen LogP contribution in [0.5, 0.6) is 0 Å². The van der Waals surface area contributed by atoms with E-state index >= 15 is 0 Å². The van der Waals surface area contributed by atoms with Crippen molar-refractivity contribution < 1.29 is 0 Å². The summed E-state index contributed by atoms with van der Waals surface area (Å²) in [4.78, 5) is 0. The number of hydrogen-bond donors (Lipinski definition) is 0. The van der Waals surface area contributed by atoms with Gasteiger partial charge in [0.1, 0.15) is 5.82 Å². The summed E-state index contributed by atoms with van der Waals surface area (Å²) in [5.74, 6) is 2.14. The zero-order valence-electron chi connectivity index (χ0n) is 10.2. The largest absolute Gasteiger partial charge is 0.310 e. The molecule has 0 N–H and O–H groups in total. The Kier molecular flexibility index (Phi) is 3.79. The SMILES string of the molecule is CCCn1c(CCl)nnc1-c1ccc(C)cc1. The van der Waals surface area contributed by atoms with Gasteiger partial charge in [-0.3, -0.25) is 0 Å². The van der Waals surface area contributed by atoms with Crippen molar-refractivity contribution in [1.29, 1.82) is 0 Å². The van der Waals surface area contributed by atoms with E-state index in [1.165, 1.54) is 5.56 Å². The molecule has 0 unspecified atom stereocenters. The molecule has 1 aromatic carbocycles. The van der Waals surface area contributed by atoms with Crippen LogP contribution in [0.25, 0.3) is 11.4 Å². The molecule has 2 rings (SSSR count). The lowest BCUT2D eigenvalue weighted by molar-refractivity contribution is 0.659. The highest BCUT2D eigenvalue weighted by atomic mass is 35.5. The molecule has 0 fully saturated rings. The van der Waals surface area contributed by atoms with Crippen molar-refractivity contribution in [1.82, 2.24) is 14.8 Å². The molecule has 0 aliphatic rings. The maximum atomic E-state index is 5.87. The summed E-state index contributed by atoms with van der Waals surface area (Å²) in [6.07, 6.45) is 1.04. The van der Waals surface area contributed by atoms with Crippen LogP contribution in [0.15, 0.2) is 24.3 Å². The normalized spacial score (nSPS) is 10.8. The van der Waals surface area contributed by atoms with Crippen molar-refractivity contribution >= 4 is 11.6 Å². The second-order valence-electron chi connectivity index (χ2n) is 4.09. The van der Waals surface area contributed by atoms with E-state index in [-0.39, 0.29) is 0 Å².